The Morgan fingerprint density at radius 2 is 1.94 bits per heavy atom. The molecule has 0 amide bonds. The van der Waals surface area contributed by atoms with Crippen LogP contribution in [0.4, 0.5) is 0 Å². The molecule has 2 heteroatoms. The highest BCUT2D eigenvalue weighted by Gasteiger charge is 2.64. The number of fused-ring (bicyclic) bond motifs is 2. The molecule has 0 N–H and O–H groups in total. The van der Waals surface area contributed by atoms with Crippen molar-refractivity contribution in [2.24, 2.45) is 17.3 Å². The molecule has 3 rings (SSSR count). The van der Waals surface area contributed by atoms with Gasteiger partial charge in [-0.15, -0.1) is 0 Å². The minimum Gasteiger partial charge on any atom is -0.458 e. The molecule has 0 aromatic rings. The largest absolute Gasteiger partial charge is 0.458 e. The molecule has 2 nitrogen and oxygen atoms in total. The zero-order valence-corrected chi connectivity index (χ0v) is 10.5. The second-order valence-electron chi connectivity index (χ2n) is 6.06. The summed E-state index contributed by atoms with van der Waals surface area (Å²) in [5.41, 5.74) is 0.359. The van der Waals surface area contributed by atoms with Crippen LogP contribution < -0.4 is 0 Å². The Morgan fingerprint density at radius 3 is 2.65 bits per heavy atom. The molecular formula is C15H22O2. The summed E-state index contributed by atoms with van der Waals surface area (Å²) in [6, 6.07) is 0. The van der Waals surface area contributed by atoms with Crippen molar-refractivity contribution < 1.29 is 9.53 Å². The van der Waals surface area contributed by atoms with Gasteiger partial charge in [-0.3, -0.25) is 0 Å². The van der Waals surface area contributed by atoms with Crippen molar-refractivity contribution in [1.29, 1.82) is 0 Å². The van der Waals surface area contributed by atoms with Crippen molar-refractivity contribution in [2.75, 3.05) is 0 Å². The molecule has 3 unspecified atom stereocenters. The second kappa shape index (κ2) is 4.15. The first-order chi connectivity index (χ1) is 8.28. The van der Waals surface area contributed by atoms with Crippen molar-refractivity contribution in [3.8, 4) is 0 Å². The summed E-state index contributed by atoms with van der Waals surface area (Å²) in [6.45, 7) is 3.52. The normalized spacial score (nSPS) is 38.2. The lowest BCUT2D eigenvalue weighted by molar-refractivity contribution is -0.209. The van der Waals surface area contributed by atoms with Gasteiger partial charge in [-0.1, -0.05) is 32.3 Å². The minimum atomic E-state index is -0.217. The fraction of sp³-hybridized carbons (Fsp3) is 0.800. The summed E-state index contributed by atoms with van der Waals surface area (Å²) in [5.74, 6) is 1.30. The third-order valence-corrected chi connectivity index (χ3v) is 5.46. The molecule has 3 fully saturated rings. The first-order valence-electron chi connectivity index (χ1n) is 7.11. The quantitative estimate of drug-likeness (QED) is 0.540. The van der Waals surface area contributed by atoms with E-state index in [1.54, 1.807) is 0 Å². The standard InChI is InChI=1S/C15H22O2/c1-2-13(16)17-14-11-7-6-8-12(11)15(14)9-4-3-5-10-15/h2,11-12,14H,1,3-10H2. The van der Waals surface area contributed by atoms with Crippen LogP contribution in [0.5, 0.6) is 0 Å². The summed E-state index contributed by atoms with van der Waals surface area (Å²) in [7, 11) is 0. The molecule has 0 bridgehead atoms. The van der Waals surface area contributed by atoms with Crippen molar-refractivity contribution in [2.45, 2.75) is 57.5 Å². The second-order valence-corrected chi connectivity index (χ2v) is 6.06. The maximum atomic E-state index is 11.5. The van der Waals surface area contributed by atoms with Gasteiger partial charge >= 0.3 is 5.97 Å². The first kappa shape index (κ1) is 11.3. The number of rotatable bonds is 2. The van der Waals surface area contributed by atoms with Crippen LogP contribution in [-0.4, -0.2) is 12.1 Å². The number of esters is 1. The molecule has 3 aliphatic rings. The van der Waals surface area contributed by atoms with E-state index in [1.165, 1.54) is 57.4 Å². The zero-order chi connectivity index (χ0) is 11.9. The highest BCUT2D eigenvalue weighted by Crippen LogP contribution is 2.65. The smallest absolute Gasteiger partial charge is 0.330 e. The molecule has 0 heterocycles. The Balaban J connectivity index is 1.79. The van der Waals surface area contributed by atoms with E-state index in [2.05, 4.69) is 6.58 Å². The van der Waals surface area contributed by atoms with Gasteiger partial charge in [0.15, 0.2) is 0 Å². The lowest BCUT2D eigenvalue weighted by Crippen LogP contribution is -2.61. The van der Waals surface area contributed by atoms with Crippen molar-refractivity contribution in [3.63, 3.8) is 0 Å². The summed E-state index contributed by atoms with van der Waals surface area (Å²) >= 11 is 0. The molecule has 3 atom stereocenters. The summed E-state index contributed by atoms with van der Waals surface area (Å²) in [4.78, 5) is 11.5. The van der Waals surface area contributed by atoms with E-state index in [0.29, 0.717) is 11.3 Å². The molecule has 1 spiro atoms. The highest BCUT2D eigenvalue weighted by molar-refractivity contribution is 5.81. The molecule has 0 saturated heterocycles. The van der Waals surface area contributed by atoms with Gasteiger partial charge in [-0.05, 0) is 31.6 Å². The van der Waals surface area contributed by atoms with Gasteiger partial charge in [0.1, 0.15) is 6.10 Å². The molecule has 3 aliphatic carbocycles. The van der Waals surface area contributed by atoms with Crippen LogP contribution >= 0.6 is 0 Å². The molecular weight excluding hydrogens is 212 g/mol. The minimum absolute atomic E-state index is 0.209. The predicted octanol–water partition coefficient (Wildman–Crippen LogP) is 3.46. The van der Waals surface area contributed by atoms with Crippen LogP contribution in [0.1, 0.15) is 51.4 Å². The van der Waals surface area contributed by atoms with E-state index in [1.807, 2.05) is 0 Å². The monoisotopic (exact) mass is 234 g/mol. The maximum Gasteiger partial charge on any atom is 0.330 e. The van der Waals surface area contributed by atoms with Gasteiger partial charge in [-0.2, -0.15) is 0 Å². The summed E-state index contributed by atoms with van der Waals surface area (Å²) in [5, 5.41) is 0. The highest BCUT2D eigenvalue weighted by atomic mass is 16.5. The van der Waals surface area contributed by atoms with Crippen LogP contribution in [0, 0.1) is 17.3 Å². The number of hydrogen-bond acceptors (Lipinski definition) is 2. The Labute approximate surface area is 103 Å². The lowest BCUT2D eigenvalue weighted by Gasteiger charge is -2.60. The van der Waals surface area contributed by atoms with Gasteiger partial charge in [0.25, 0.3) is 0 Å². The number of hydrogen-bond donors (Lipinski definition) is 0. The van der Waals surface area contributed by atoms with Gasteiger partial charge in [0, 0.05) is 17.4 Å². The molecule has 3 saturated carbocycles. The van der Waals surface area contributed by atoms with Crippen LogP contribution in [0.25, 0.3) is 0 Å². The SMILES string of the molecule is C=CC(=O)OC1C2CCCC2C12CCCCC2. The van der Waals surface area contributed by atoms with Crippen molar-refractivity contribution in [1.82, 2.24) is 0 Å². The molecule has 17 heavy (non-hydrogen) atoms. The molecule has 0 aromatic carbocycles. The van der Waals surface area contributed by atoms with E-state index in [4.69, 9.17) is 4.74 Å². The molecule has 0 aliphatic heterocycles. The Morgan fingerprint density at radius 1 is 1.18 bits per heavy atom. The van der Waals surface area contributed by atoms with Gasteiger partial charge in [0.05, 0.1) is 0 Å². The summed E-state index contributed by atoms with van der Waals surface area (Å²) in [6.07, 6.45) is 12.1. The van der Waals surface area contributed by atoms with Crippen LogP contribution in [0.2, 0.25) is 0 Å². The van der Waals surface area contributed by atoms with E-state index in [9.17, 15) is 4.79 Å². The fourth-order valence-corrected chi connectivity index (χ4v) is 4.83. The van der Waals surface area contributed by atoms with Gasteiger partial charge in [0.2, 0.25) is 0 Å². The van der Waals surface area contributed by atoms with E-state index < -0.39 is 0 Å². The van der Waals surface area contributed by atoms with Gasteiger partial charge < -0.3 is 4.74 Å². The average Bonchev–Trinajstić information content (AvgIpc) is 2.83. The van der Waals surface area contributed by atoms with E-state index >= 15 is 0 Å². The third-order valence-electron chi connectivity index (χ3n) is 5.46. The Bertz CT molecular complexity index is 328. The maximum absolute atomic E-state index is 11.5. The van der Waals surface area contributed by atoms with E-state index in [-0.39, 0.29) is 12.1 Å². The number of carbonyl (C=O) groups is 1. The van der Waals surface area contributed by atoms with Crippen molar-refractivity contribution in [3.05, 3.63) is 12.7 Å². The van der Waals surface area contributed by atoms with Gasteiger partial charge in [-0.25, -0.2) is 4.79 Å². The molecule has 0 aromatic heterocycles. The van der Waals surface area contributed by atoms with Crippen LogP contribution in [-0.2, 0) is 9.53 Å². The number of carbonyl (C=O) groups excluding carboxylic acids is 1. The fourth-order valence-electron chi connectivity index (χ4n) is 4.83. The lowest BCUT2D eigenvalue weighted by atomic mass is 9.48. The number of ether oxygens (including phenoxy) is 1. The Hall–Kier alpha value is -0.790. The topological polar surface area (TPSA) is 26.3 Å². The molecule has 0 radical (unpaired) electrons. The van der Waals surface area contributed by atoms with Crippen LogP contribution in [0.3, 0.4) is 0 Å². The van der Waals surface area contributed by atoms with E-state index in [0.717, 1.165) is 5.92 Å². The Kier molecular flexibility index (Phi) is 2.76. The average molecular weight is 234 g/mol. The third kappa shape index (κ3) is 1.56. The predicted molar refractivity (Wildman–Crippen MR) is 66.4 cm³/mol. The first-order valence-corrected chi connectivity index (χ1v) is 7.11. The summed E-state index contributed by atoms with van der Waals surface area (Å²) < 4.78 is 5.69. The van der Waals surface area contributed by atoms with Crippen LogP contribution in [0.15, 0.2) is 12.7 Å². The van der Waals surface area contributed by atoms with Crippen molar-refractivity contribution >= 4 is 5.97 Å². The zero-order valence-electron chi connectivity index (χ0n) is 10.5. The molecule has 94 valence electrons.